The molecule has 0 aromatic heterocycles. The number of hydrogen-bond acceptors (Lipinski definition) is 8. The van der Waals surface area contributed by atoms with Gasteiger partial charge in [0.15, 0.2) is 0 Å². The Morgan fingerprint density at radius 2 is 1.97 bits per heavy atom. The second-order valence-corrected chi connectivity index (χ2v) is 8.28. The van der Waals surface area contributed by atoms with Crippen LogP contribution in [0.5, 0.6) is 11.5 Å². The summed E-state index contributed by atoms with van der Waals surface area (Å²) in [6.45, 7) is 0.814. The van der Waals surface area contributed by atoms with Crippen molar-refractivity contribution in [1.82, 2.24) is 4.31 Å². The number of nitro benzene ring substituents is 1. The highest BCUT2D eigenvalue weighted by molar-refractivity contribution is 7.89. The van der Waals surface area contributed by atoms with E-state index in [2.05, 4.69) is 10.5 Å². The fourth-order valence-corrected chi connectivity index (χ4v) is 4.47. The molecule has 0 atom stereocenters. The van der Waals surface area contributed by atoms with Crippen molar-refractivity contribution in [2.24, 2.45) is 5.10 Å². The molecule has 11 heteroatoms. The van der Waals surface area contributed by atoms with Crippen LogP contribution in [-0.4, -0.2) is 49.2 Å². The Bertz CT molecular complexity index is 1050. The van der Waals surface area contributed by atoms with Crippen LogP contribution >= 0.6 is 0 Å². The summed E-state index contributed by atoms with van der Waals surface area (Å²) in [7, 11) is -2.29. The number of hydrogen-bond donors (Lipinski definition) is 2. The van der Waals surface area contributed by atoms with Crippen LogP contribution in [0.25, 0.3) is 0 Å². The summed E-state index contributed by atoms with van der Waals surface area (Å²) in [6, 6.07) is 8.17. The molecule has 0 unspecified atom stereocenters. The van der Waals surface area contributed by atoms with Crippen LogP contribution in [0.15, 0.2) is 46.4 Å². The van der Waals surface area contributed by atoms with Gasteiger partial charge in [0.2, 0.25) is 10.0 Å². The van der Waals surface area contributed by atoms with Crippen LogP contribution < -0.4 is 10.2 Å². The van der Waals surface area contributed by atoms with Gasteiger partial charge in [0.05, 0.1) is 23.1 Å². The number of nitrogens with one attached hydrogen (secondary N) is 1. The van der Waals surface area contributed by atoms with Gasteiger partial charge in [-0.15, -0.1) is 0 Å². The summed E-state index contributed by atoms with van der Waals surface area (Å²) in [5, 5.41) is 25.2. The SMILES string of the molecule is COc1ccc(O)c(/C=N/Nc2ccc(S(=O)(=O)N3CCCC3)cc2[N+](=O)[O-])c1. The molecular formula is C18H20N4O6S. The summed E-state index contributed by atoms with van der Waals surface area (Å²) in [5.74, 6) is 0.463. The Morgan fingerprint density at radius 1 is 1.24 bits per heavy atom. The number of methoxy groups -OCH3 is 1. The summed E-state index contributed by atoms with van der Waals surface area (Å²) < 4.78 is 31.7. The number of ether oxygens (including phenoxy) is 1. The molecule has 0 bridgehead atoms. The Balaban J connectivity index is 1.85. The van der Waals surface area contributed by atoms with Crippen molar-refractivity contribution in [2.45, 2.75) is 17.7 Å². The number of phenols is 1. The third kappa shape index (κ3) is 4.46. The number of hydrazone groups is 1. The summed E-state index contributed by atoms with van der Waals surface area (Å²) in [4.78, 5) is 10.6. The third-order valence-electron chi connectivity index (χ3n) is 4.49. The second kappa shape index (κ2) is 8.45. The smallest absolute Gasteiger partial charge is 0.295 e. The van der Waals surface area contributed by atoms with E-state index in [1.165, 1.54) is 35.8 Å². The lowest BCUT2D eigenvalue weighted by molar-refractivity contribution is -0.384. The number of phenolic OH excluding ortho intramolecular Hbond substituents is 1. The minimum atomic E-state index is -3.77. The van der Waals surface area contributed by atoms with E-state index in [9.17, 15) is 23.6 Å². The molecule has 1 fully saturated rings. The largest absolute Gasteiger partial charge is 0.507 e. The molecule has 29 heavy (non-hydrogen) atoms. The van der Waals surface area contributed by atoms with Crippen LogP contribution in [0.4, 0.5) is 11.4 Å². The van der Waals surface area contributed by atoms with Gasteiger partial charge in [-0.3, -0.25) is 15.5 Å². The number of aromatic hydroxyl groups is 1. The number of benzene rings is 2. The lowest BCUT2D eigenvalue weighted by atomic mass is 10.2. The summed E-state index contributed by atoms with van der Waals surface area (Å²) >= 11 is 0. The standard InChI is InChI=1S/C18H20N4O6S/c1-28-14-4-7-18(23)13(10-14)12-19-20-16-6-5-15(11-17(16)22(24)25)29(26,27)21-8-2-3-9-21/h4-7,10-12,20,23H,2-3,8-9H2,1H3/b19-12+. The van der Waals surface area contributed by atoms with E-state index in [4.69, 9.17) is 4.74 Å². The lowest BCUT2D eigenvalue weighted by Crippen LogP contribution is -2.27. The topological polar surface area (TPSA) is 134 Å². The number of rotatable bonds is 7. The Labute approximate surface area is 167 Å². The molecule has 1 saturated heterocycles. The van der Waals surface area contributed by atoms with Crippen LogP contribution in [0.2, 0.25) is 0 Å². The highest BCUT2D eigenvalue weighted by Crippen LogP contribution is 2.30. The van der Waals surface area contributed by atoms with E-state index >= 15 is 0 Å². The van der Waals surface area contributed by atoms with Gasteiger partial charge in [0, 0.05) is 24.7 Å². The lowest BCUT2D eigenvalue weighted by Gasteiger charge is -2.15. The maximum atomic E-state index is 12.6. The zero-order valence-electron chi connectivity index (χ0n) is 15.6. The molecule has 0 aliphatic carbocycles. The van der Waals surface area contributed by atoms with Gasteiger partial charge in [0.25, 0.3) is 5.69 Å². The fourth-order valence-electron chi connectivity index (χ4n) is 2.93. The van der Waals surface area contributed by atoms with Gasteiger partial charge in [-0.05, 0) is 43.2 Å². The molecule has 1 aliphatic rings. The molecular weight excluding hydrogens is 400 g/mol. The predicted molar refractivity (Wildman–Crippen MR) is 107 cm³/mol. The van der Waals surface area contributed by atoms with Crippen LogP contribution in [0.3, 0.4) is 0 Å². The quantitative estimate of drug-likeness (QED) is 0.399. The molecule has 0 spiro atoms. The molecule has 2 N–H and O–H groups in total. The normalized spacial score (nSPS) is 14.9. The van der Waals surface area contributed by atoms with Gasteiger partial charge < -0.3 is 9.84 Å². The molecule has 1 heterocycles. The van der Waals surface area contributed by atoms with Crippen molar-refractivity contribution in [3.63, 3.8) is 0 Å². The van der Waals surface area contributed by atoms with Crippen molar-refractivity contribution >= 4 is 27.6 Å². The number of anilines is 1. The zero-order valence-corrected chi connectivity index (χ0v) is 16.4. The Kier molecular flexibility index (Phi) is 5.99. The molecule has 0 saturated carbocycles. The van der Waals surface area contributed by atoms with Gasteiger partial charge >= 0.3 is 0 Å². The van der Waals surface area contributed by atoms with Crippen molar-refractivity contribution in [1.29, 1.82) is 0 Å². The molecule has 154 valence electrons. The summed E-state index contributed by atoms with van der Waals surface area (Å²) in [6.07, 6.45) is 2.82. The number of nitro groups is 1. The van der Waals surface area contributed by atoms with Crippen molar-refractivity contribution in [2.75, 3.05) is 25.6 Å². The molecule has 1 aliphatic heterocycles. The van der Waals surface area contributed by atoms with Crippen molar-refractivity contribution in [3.8, 4) is 11.5 Å². The average molecular weight is 420 g/mol. The molecule has 2 aromatic rings. The minimum absolute atomic E-state index is 0.0222. The Morgan fingerprint density at radius 3 is 2.62 bits per heavy atom. The van der Waals surface area contributed by atoms with Crippen molar-refractivity contribution in [3.05, 3.63) is 52.1 Å². The van der Waals surface area contributed by atoms with E-state index in [1.54, 1.807) is 12.1 Å². The van der Waals surface area contributed by atoms with Gasteiger partial charge in [0.1, 0.15) is 17.2 Å². The van der Waals surface area contributed by atoms with E-state index in [0.717, 1.165) is 18.9 Å². The van der Waals surface area contributed by atoms with E-state index in [1.807, 2.05) is 0 Å². The van der Waals surface area contributed by atoms with Crippen LogP contribution in [-0.2, 0) is 10.0 Å². The fraction of sp³-hybridized carbons (Fsp3) is 0.278. The first-order chi connectivity index (χ1) is 13.8. The maximum absolute atomic E-state index is 12.6. The first-order valence-corrected chi connectivity index (χ1v) is 10.2. The average Bonchev–Trinajstić information content (AvgIpc) is 3.25. The minimum Gasteiger partial charge on any atom is -0.507 e. The van der Waals surface area contributed by atoms with Gasteiger partial charge in [-0.2, -0.15) is 9.41 Å². The molecule has 2 aromatic carbocycles. The van der Waals surface area contributed by atoms with Crippen LogP contribution in [0, 0.1) is 10.1 Å². The number of sulfonamides is 1. The van der Waals surface area contributed by atoms with Crippen LogP contribution in [0.1, 0.15) is 18.4 Å². The van der Waals surface area contributed by atoms with Crippen molar-refractivity contribution < 1.29 is 23.2 Å². The third-order valence-corrected chi connectivity index (χ3v) is 6.39. The van der Waals surface area contributed by atoms with E-state index in [0.29, 0.717) is 24.4 Å². The highest BCUT2D eigenvalue weighted by atomic mass is 32.2. The molecule has 0 amide bonds. The zero-order chi connectivity index (χ0) is 21.0. The maximum Gasteiger partial charge on any atom is 0.295 e. The van der Waals surface area contributed by atoms with Gasteiger partial charge in [-0.1, -0.05) is 0 Å². The van der Waals surface area contributed by atoms with E-state index in [-0.39, 0.29) is 16.3 Å². The molecule has 0 radical (unpaired) electrons. The first kappa shape index (κ1) is 20.6. The molecule has 10 nitrogen and oxygen atoms in total. The predicted octanol–water partition coefficient (Wildman–Crippen LogP) is 2.54. The second-order valence-electron chi connectivity index (χ2n) is 6.34. The first-order valence-electron chi connectivity index (χ1n) is 8.77. The molecule has 3 rings (SSSR count). The van der Waals surface area contributed by atoms with Gasteiger partial charge in [-0.25, -0.2) is 8.42 Å². The number of nitrogens with zero attached hydrogens (tertiary/aromatic N) is 3. The van der Waals surface area contributed by atoms with E-state index < -0.39 is 20.6 Å². The summed E-state index contributed by atoms with van der Waals surface area (Å²) in [5.41, 5.74) is 2.47. The highest BCUT2D eigenvalue weighted by Gasteiger charge is 2.29. The monoisotopic (exact) mass is 420 g/mol. The Hall–Kier alpha value is -3.18.